The van der Waals surface area contributed by atoms with Gasteiger partial charge in [-0.15, -0.1) is 0 Å². The second-order valence-corrected chi connectivity index (χ2v) is 5.75. The van der Waals surface area contributed by atoms with Gasteiger partial charge in [-0.1, -0.05) is 37.6 Å². The zero-order valence-electron chi connectivity index (χ0n) is 13.2. The summed E-state index contributed by atoms with van der Waals surface area (Å²) in [5.41, 5.74) is 2.21. The molecule has 0 spiro atoms. The fraction of sp³-hybridized carbons (Fsp3) is 0.333. The molecule has 0 saturated heterocycles. The van der Waals surface area contributed by atoms with E-state index in [1.807, 2.05) is 69.6 Å². The van der Waals surface area contributed by atoms with Crippen LogP contribution < -0.4 is 10.1 Å². The molecule has 0 unspecified atom stereocenters. The van der Waals surface area contributed by atoms with Gasteiger partial charge in [-0.25, -0.2) is 15.2 Å². The molecule has 4 heterocycles. The van der Waals surface area contributed by atoms with Crippen LogP contribution in [0.1, 0.15) is 30.9 Å². The zero-order valence-corrected chi connectivity index (χ0v) is 13.2. The summed E-state index contributed by atoms with van der Waals surface area (Å²) in [6, 6.07) is 15.4. The number of anilines is 2. The van der Waals surface area contributed by atoms with Crippen LogP contribution in [-0.4, -0.2) is 14.1 Å². The van der Waals surface area contributed by atoms with Crippen molar-refractivity contribution in [1.29, 1.82) is 0 Å². The third-order valence-electron chi connectivity index (χ3n) is 4.24. The summed E-state index contributed by atoms with van der Waals surface area (Å²) in [6.07, 6.45) is 1.42. The molecule has 0 fully saturated rings. The predicted molar refractivity (Wildman–Crippen MR) is 87.1 cm³/mol. The van der Waals surface area contributed by atoms with Crippen LogP contribution in [0.2, 0.25) is 0 Å². The number of hydroxylamine groups is 2. The Morgan fingerprint density at radius 1 is 0.864 bits per heavy atom. The van der Waals surface area contributed by atoms with Crippen molar-refractivity contribution >= 4 is 11.4 Å². The van der Waals surface area contributed by atoms with Crippen LogP contribution in [0, 0.1) is 0 Å². The van der Waals surface area contributed by atoms with Gasteiger partial charge in [0.1, 0.15) is 0 Å². The van der Waals surface area contributed by atoms with Crippen LogP contribution in [0.25, 0.3) is 0 Å². The van der Waals surface area contributed by atoms with Gasteiger partial charge in [0.2, 0.25) is 0 Å². The normalized spacial score (nSPS) is 16.5. The van der Waals surface area contributed by atoms with Crippen molar-refractivity contribution in [2.75, 3.05) is 24.2 Å². The van der Waals surface area contributed by atoms with Crippen molar-refractivity contribution in [3.05, 3.63) is 59.7 Å². The highest BCUT2D eigenvalue weighted by molar-refractivity contribution is 5.52. The van der Waals surface area contributed by atoms with E-state index in [2.05, 4.69) is 0 Å². The lowest BCUT2D eigenvalue weighted by atomic mass is 9.82. The van der Waals surface area contributed by atoms with Crippen LogP contribution in [0.5, 0.6) is 0 Å². The summed E-state index contributed by atoms with van der Waals surface area (Å²) < 4.78 is 0. The van der Waals surface area contributed by atoms with Crippen LogP contribution in [-0.2, 0) is 15.6 Å². The maximum atomic E-state index is 13.5. The Morgan fingerprint density at radius 3 is 1.64 bits per heavy atom. The van der Waals surface area contributed by atoms with Gasteiger partial charge in [0, 0.05) is 14.1 Å². The van der Waals surface area contributed by atoms with Gasteiger partial charge in [-0.3, -0.25) is 0 Å². The third kappa shape index (κ3) is 2.45. The van der Waals surface area contributed by atoms with Gasteiger partial charge in [-0.2, -0.15) is 4.94 Å². The molecule has 4 aliphatic rings. The van der Waals surface area contributed by atoms with E-state index in [1.54, 1.807) is 10.1 Å². The molecule has 1 radical (unpaired) electrons. The Kier molecular flexibility index (Phi) is 3.81. The predicted octanol–water partition coefficient (Wildman–Crippen LogP) is 3.89. The van der Waals surface area contributed by atoms with Crippen molar-refractivity contribution in [2.45, 2.75) is 25.4 Å². The van der Waals surface area contributed by atoms with E-state index in [1.165, 1.54) is 0 Å². The molecule has 2 aromatic rings. The SMILES string of the molecule is CCCC1([O])c2ccc(cc2)N(C)ON(C)c2ccc1cc2. The maximum absolute atomic E-state index is 13.5. The van der Waals surface area contributed by atoms with E-state index < -0.39 is 5.60 Å². The minimum atomic E-state index is -1.21. The molecular weight excluding hydrogens is 276 g/mol. The summed E-state index contributed by atoms with van der Waals surface area (Å²) in [6.45, 7) is 2.05. The second kappa shape index (κ2) is 5.63. The van der Waals surface area contributed by atoms with Gasteiger partial charge >= 0.3 is 0 Å². The first-order valence-corrected chi connectivity index (χ1v) is 7.61. The lowest BCUT2D eigenvalue weighted by Gasteiger charge is -2.31. The Bertz CT molecular complexity index is 586. The highest BCUT2D eigenvalue weighted by atomic mass is 16.8. The van der Waals surface area contributed by atoms with E-state index in [9.17, 15) is 5.11 Å². The summed E-state index contributed by atoms with van der Waals surface area (Å²) in [4.78, 5) is 5.77. The van der Waals surface area contributed by atoms with Crippen molar-refractivity contribution in [3.8, 4) is 0 Å². The lowest BCUT2D eigenvalue weighted by Crippen LogP contribution is -2.31. The monoisotopic (exact) mass is 297 g/mol. The third-order valence-corrected chi connectivity index (χ3v) is 4.24. The van der Waals surface area contributed by atoms with Gasteiger partial charge < -0.3 is 0 Å². The number of hydrogen-bond donors (Lipinski definition) is 0. The molecular formula is C18H21N2O2. The fourth-order valence-corrected chi connectivity index (χ4v) is 2.97. The van der Waals surface area contributed by atoms with Gasteiger partial charge in [0.05, 0.1) is 11.4 Å². The Labute approximate surface area is 131 Å². The number of benzene rings is 2. The quantitative estimate of drug-likeness (QED) is 0.843. The highest BCUT2D eigenvalue weighted by Gasteiger charge is 2.33. The first-order valence-electron chi connectivity index (χ1n) is 7.61. The molecule has 0 N–H and O–H groups in total. The Morgan fingerprint density at radius 2 is 1.27 bits per heavy atom. The highest BCUT2D eigenvalue weighted by Crippen LogP contribution is 2.37. The summed E-state index contributed by atoms with van der Waals surface area (Å²) in [7, 11) is 3.70. The molecule has 0 aromatic heterocycles. The van der Waals surface area contributed by atoms with E-state index in [0.717, 1.165) is 28.9 Å². The number of hydrogen-bond acceptors (Lipinski definition) is 3. The molecule has 4 aliphatic heterocycles. The average molecular weight is 297 g/mol. The van der Waals surface area contributed by atoms with Crippen molar-refractivity contribution < 1.29 is 10.0 Å². The molecule has 0 atom stereocenters. The van der Waals surface area contributed by atoms with Crippen LogP contribution in [0.3, 0.4) is 0 Å². The topological polar surface area (TPSA) is 35.6 Å². The molecule has 4 bridgehead atoms. The smallest absolute Gasteiger partial charge is 0.153 e. The molecule has 2 aromatic carbocycles. The van der Waals surface area contributed by atoms with E-state index in [0.29, 0.717) is 6.42 Å². The summed E-state index contributed by atoms with van der Waals surface area (Å²) >= 11 is 0. The second-order valence-electron chi connectivity index (χ2n) is 5.75. The van der Waals surface area contributed by atoms with Crippen LogP contribution in [0.15, 0.2) is 48.5 Å². The van der Waals surface area contributed by atoms with E-state index in [-0.39, 0.29) is 0 Å². The zero-order chi connectivity index (χ0) is 15.7. The average Bonchev–Trinajstić information content (AvgIpc) is 2.54. The van der Waals surface area contributed by atoms with E-state index in [4.69, 9.17) is 4.94 Å². The first-order chi connectivity index (χ1) is 10.5. The largest absolute Gasteiger partial charge is 0.232 e. The molecule has 4 heteroatoms. The van der Waals surface area contributed by atoms with Gasteiger partial charge in [0.15, 0.2) is 5.60 Å². The maximum Gasteiger partial charge on any atom is 0.153 e. The molecule has 6 rings (SSSR count). The molecule has 22 heavy (non-hydrogen) atoms. The molecule has 0 amide bonds. The number of nitrogens with zero attached hydrogens (tertiary/aromatic N) is 2. The Hall–Kier alpha value is -2.04. The molecule has 0 saturated carbocycles. The van der Waals surface area contributed by atoms with E-state index >= 15 is 0 Å². The first kappa shape index (κ1) is 14.9. The molecule has 0 aliphatic carbocycles. The van der Waals surface area contributed by atoms with Gasteiger partial charge in [0.25, 0.3) is 0 Å². The van der Waals surface area contributed by atoms with Crippen LogP contribution >= 0.6 is 0 Å². The lowest BCUT2D eigenvalue weighted by molar-refractivity contribution is -0.00539. The summed E-state index contributed by atoms with van der Waals surface area (Å²) in [5.74, 6) is 0. The minimum Gasteiger partial charge on any atom is -0.232 e. The Balaban J connectivity index is 2.18. The standard InChI is InChI=1S/C18H21N2O2/c1-4-13-18(21)14-5-9-16(10-6-14)19(2)22-20(3)17-11-7-15(18)8-12-17/h5-12H,4,13H2,1-3H3. The van der Waals surface area contributed by atoms with Gasteiger partial charge in [-0.05, 0) is 41.8 Å². The minimum absolute atomic E-state index is 0.577. The number of rotatable bonds is 2. The van der Waals surface area contributed by atoms with Crippen molar-refractivity contribution in [3.63, 3.8) is 0 Å². The van der Waals surface area contributed by atoms with Crippen molar-refractivity contribution in [2.24, 2.45) is 0 Å². The molecule has 115 valence electrons. The summed E-state index contributed by atoms with van der Waals surface area (Å²) in [5, 5.41) is 16.9. The van der Waals surface area contributed by atoms with Crippen molar-refractivity contribution in [1.82, 2.24) is 0 Å². The molecule has 4 nitrogen and oxygen atoms in total. The fourth-order valence-electron chi connectivity index (χ4n) is 2.97. The van der Waals surface area contributed by atoms with Crippen LogP contribution in [0.4, 0.5) is 11.4 Å².